The van der Waals surface area contributed by atoms with Gasteiger partial charge in [-0.1, -0.05) is 32.4 Å². The van der Waals surface area contributed by atoms with E-state index in [0.717, 1.165) is 12.1 Å². The van der Waals surface area contributed by atoms with Crippen molar-refractivity contribution in [3.63, 3.8) is 0 Å². The SMILES string of the molecule is CC(C)(C)c1c(F)ccc(F)c1Cl. The van der Waals surface area contributed by atoms with Crippen molar-refractivity contribution in [2.75, 3.05) is 0 Å². The maximum Gasteiger partial charge on any atom is 0.142 e. The van der Waals surface area contributed by atoms with E-state index < -0.39 is 17.0 Å². The summed E-state index contributed by atoms with van der Waals surface area (Å²) in [5.41, 5.74) is -0.252. The van der Waals surface area contributed by atoms with Crippen molar-refractivity contribution in [3.05, 3.63) is 34.4 Å². The van der Waals surface area contributed by atoms with Gasteiger partial charge in [-0.05, 0) is 17.5 Å². The van der Waals surface area contributed by atoms with Gasteiger partial charge in [-0.2, -0.15) is 0 Å². The van der Waals surface area contributed by atoms with Crippen LogP contribution in [0.25, 0.3) is 0 Å². The second kappa shape index (κ2) is 3.26. The quantitative estimate of drug-likeness (QED) is 0.562. The van der Waals surface area contributed by atoms with Gasteiger partial charge in [0.05, 0.1) is 5.02 Å². The highest BCUT2D eigenvalue weighted by atomic mass is 35.5. The first-order valence-electron chi connectivity index (χ1n) is 3.98. The monoisotopic (exact) mass is 204 g/mol. The Labute approximate surface area is 81.5 Å². The number of hydrogen-bond donors (Lipinski definition) is 0. The molecule has 1 aromatic rings. The molecule has 0 saturated carbocycles. The molecular weight excluding hydrogens is 194 g/mol. The normalized spacial score (nSPS) is 11.8. The second-order valence-corrected chi connectivity index (χ2v) is 4.35. The van der Waals surface area contributed by atoms with E-state index in [2.05, 4.69) is 0 Å². The smallest absolute Gasteiger partial charge is 0.142 e. The molecule has 72 valence electrons. The molecule has 0 aliphatic carbocycles. The summed E-state index contributed by atoms with van der Waals surface area (Å²) in [5.74, 6) is -1.04. The molecule has 0 N–H and O–H groups in total. The van der Waals surface area contributed by atoms with Gasteiger partial charge >= 0.3 is 0 Å². The molecule has 3 heteroatoms. The Morgan fingerprint density at radius 1 is 1.08 bits per heavy atom. The lowest BCUT2D eigenvalue weighted by molar-refractivity contribution is 0.512. The van der Waals surface area contributed by atoms with Crippen LogP contribution in [0.4, 0.5) is 8.78 Å². The van der Waals surface area contributed by atoms with Gasteiger partial charge < -0.3 is 0 Å². The minimum atomic E-state index is -0.576. The molecule has 0 heterocycles. The maximum atomic E-state index is 13.3. The van der Waals surface area contributed by atoms with Crippen LogP contribution in [0.15, 0.2) is 12.1 Å². The molecule has 0 aromatic heterocycles. The molecule has 0 atom stereocenters. The predicted molar refractivity (Wildman–Crippen MR) is 50.1 cm³/mol. The topological polar surface area (TPSA) is 0 Å². The van der Waals surface area contributed by atoms with Crippen LogP contribution in [0.1, 0.15) is 26.3 Å². The zero-order valence-corrected chi connectivity index (χ0v) is 8.54. The fraction of sp³-hybridized carbons (Fsp3) is 0.400. The number of rotatable bonds is 0. The Kier molecular flexibility index (Phi) is 2.62. The molecule has 0 aliphatic rings. The lowest BCUT2D eigenvalue weighted by Gasteiger charge is -2.21. The van der Waals surface area contributed by atoms with E-state index in [-0.39, 0.29) is 10.6 Å². The molecule has 0 amide bonds. The Bertz CT molecular complexity index is 326. The van der Waals surface area contributed by atoms with Gasteiger partial charge in [-0.15, -0.1) is 0 Å². The molecule has 0 spiro atoms. The summed E-state index contributed by atoms with van der Waals surface area (Å²) >= 11 is 5.67. The maximum absolute atomic E-state index is 13.3. The average Bonchev–Trinajstić information content (AvgIpc) is 1.95. The summed E-state index contributed by atoms with van der Waals surface area (Å²) in [5, 5.41) is -0.118. The molecule has 0 fully saturated rings. The number of halogens is 3. The minimum Gasteiger partial charge on any atom is -0.207 e. The summed E-state index contributed by atoms with van der Waals surface area (Å²) in [6.07, 6.45) is 0. The van der Waals surface area contributed by atoms with Crippen molar-refractivity contribution >= 4 is 11.6 Å². The Morgan fingerprint density at radius 2 is 1.54 bits per heavy atom. The molecule has 0 saturated heterocycles. The van der Waals surface area contributed by atoms with Gasteiger partial charge in [0.15, 0.2) is 0 Å². The lowest BCUT2D eigenvalue weighted by Crippen LogP contribution is -2.15. The standard InChI is InChI=1S/C10H11ClF2/c1-10(2,3)8-6(12)4-5-7(13)9(8)11/h4-5H,1-3H3. The van der Waals surface area contributed by atoms with Crippen molar-refractivity contribution in [1.82, 2.24) is 0 Å². The largest absolute Gasteiger partial charge is 0.207 e. The van der Waals surface area contributed by atoms with Gasteiger partial charge in [0.2, 0.25) is 0 Å². The highest BCUT2D eigenvalue weighted by Crippen LogP contribution is 2.33. The molecule has 0 radical (unpaired) electrons. The third-order valence-corrected chi connectivity index (χ3v) is 2.16. The highest BCUT2D eigenvalue weighted by molar-refractivity contribution is 6.31. The van der Waals surface area contributed by atoms with E-state index in [9.17, 15) is 8.78 Å². The van der Waals surface area contributed by atoms with E-state index in [1.165, 1.54) is 0 Å². The van der Waals surface area contributed by atoms with Gasteiger partial charge in [-0.25, -0.2) is 8.78 Å². The van der Waals surface area contributed by atoms with Gasteiger partial charge in [0.25, 0.3) is 0 Å². The van der Waals surface area contributed by atoms with E-state index in [4.69, 9.17) is 11.6 Å². The summed E-state index contributed by atoms with van der Waals surface area (Å²) in [6.45, 7) is 5.37. The fourth-order valence-electron chi connectivity index (χ4n) is 1.21. The zero-order valence-electron chi connectivity index (χ0n) is 7.79. The van der Waals surface area contributed by atoms with Gasteiger partial charge in [0, 0.05) is 5.56 Å². The number of benzene rings is 1. The minimum absolute atomic E-state index is 0.118. The van der Waals surface area contributed by atoms with Gasteiger partial charge in [-0.3, -0.25) is 0 Å². The lowest BCUT2D eigenvalue weighted by atomic mass is 9.86. The molecule has 13 heavy (non-hydrogen) atoms. The highest BCUT2D eigenvalue weighted by Gasteiger charge is 2.23. The predicted octanol–water partition coefficient (Wildman–Crippen LogP) is 3.92. The molecule has 0 bridgehead atoms. The number of hydrogen-bond acceptors (Lipinski definition) is 0. The first-order valence-corrected chi connectivity index (χ1v) is 4.36. The van der Waals surface area contributed by atoms with Crippen molar-refractivity contribution < 1.29 is 8.78 Å². The van der Waals surface area contributed by atoms with E-state index >= 15 is 0 Å². The van der Waals surface area contributed by atoms with Crippen molar-refractivity contribution in [2.45, 2.75) is 26.2 Å². The van der Waals surface area contributed by atoms with Crippen molar-refractivity contribution in [2.24, 2.45) is 0 Å². The van der Waals surface area contributed by atoms with Crippen molar-refractivity contribution in [3.8, 4) is 0 Å². The molecule has 0 aliphatic heterocycles. The van der Waals surface area contributed by atoms with Crippen LogP contribution in [-0.4, -0.2) is 0 Å². The molecule has 0 nitrogen and oxygen atoms in total. The Morgan fingerprint density at radius 3 is 1.92 bits per heavy atom. The Balaban J connectivity index is 3.43. The van der Waals surface area contributed by atoms with Crippen LogP contribution < -0.4 is 0 Å². The molecule has 0 unspecified atom stereocenters. The van der Waals surface area contributed by atoms with Crippen LogP contribution in [0.2, 0.25) is 5.02 Å². The average molecular weight is 205 g/mol. The van der Waals surface area contributed by atoms with E-state index in [0.29, 0.717) is 0 Å². The van der Waals surface area contributed by atoms with Gasteiger partial charge in [0.1, 0.15) is 11.6 Å². The van der Waals surface area contributed by atoms with Crippen LogP contribution >= 0.6 is 11.6 Å². The summed E-state index contributed by atoms with van der Waals surface area (Å²) in [7, 11) is 0. The summed E-state index contributed by atoms with van der Waals surface area (Å²) in [6, 6.07) is 2.13. The van der Waals surface area contributed by atoms with E-state index in [1.807, 2.05) is 0 Å². The molecule has 1 aromatic carbocycles. The molecule has 1 rings (SSSR count). The van der Waals surface area contributed by atoms with Crippen LogP contribution in [0.3, 0.4) is 0 Å². The fourth-order valence-corrected chi connectivity index (χ4v) is 1.65. The second-order valence-electron chi connectivity index (χ2n) is 3.97. The summed E-state index contributed by atoms with van der Waals surface area (Å²) in [4.78, 5) is 0. The van der Waals surface area contributed by atoms with Crippen molar-refractivity contribution in [1.29, 1.82) is 0 Å². The summed E-state index contributed by atoms with van der Waals surface area (Å²) < 4.78 is 26.3. The van der Waals surface area contributed by atoms with E-state index in [1.54, 1.807) is 20.8 Å². The van der Waals surface area contributed by atoms with Crippen LogP contribution in [0, 0.1) is 11.6 Å². The van der Waals surface area contributed by atoms with Crippen LogP contribution in [0.5, 0.6) is 0 Å². The Hall–Kier alpha value is -0.630. The third kappa shape index (κ3) is 1.99. The first-order chi connectivity index (χ1) is 5.84. The first kappa shape index (κ1) is 10.5. The third-order valence-electron chi connectivity index (χ3n) is 1.79. The zero-order chi connectivity index (χ0) is 10.2. The molecular formula is C10H11ClF2. The van der Waals surface area contributed by atoms with Crippen LogP contribution in [-0.2, 0) is 5.41 Å².